The molecule has 1 atom stereocenters. The van der Waals surface area contributed by atoms with Crippen molar-refractivity contribution in [2.45, 2.75) is 59.6 Å². The highest BCUT2D eigenvalue weighted by molar-refractivity contribution is 5.01. The van der Waals surface area contributed by atoms with Crippen LogP contribution in [0.15, 0.2) is 12.3 Å². The van der Waals surface area contributed by atoms with E-state index >= 15 is 0 Å². The smallest absolute Gasteiger partial charge is 0.0650 e. The van der Waals surface area contributed by atoms with Crippen LogP contribution in [0.2, 0.25) is 0 Å². The van der Waals surface area contributed by atoms with Crippen LogP contribution in [-0.4, -0.2) is 21.0 Å². The first kappa shape index (κ1) is 13.2. The Morgan fingerprint density at radius 2 is 2.00 bits per heavy atom. The third-order valence-electron chi connectivity index (χ3n) is 2.49. The first-order valence-corrected chi connectivity index (χ1v) is 6.00. The number of rotatable bonds is 4. The van der Waals surface area contributed by atoms with E-state index in [4.69, 9.17) is 0 Å². The molecule has 16 heavy (non-hydrogen) atoms. The molecule has 1 aromatic heterocycles. The molecule has 1 N–H and O–H groups in total. The van der Waals surface area contributed by atoms with Gasteiger partial charge in [0.05, 0.1) is 11.8 Å². The molecule has 0 amide bonds. The van der Waals surface area contributed by atoms with E-state index in [2.05, 4.69) is 39.7 Å². The number of hydrogen-bond acceptors (Lipinski definition) is 2. The van der Waals surface area contributed by atoms with Gasteiger partial charge in [0.25, 0.3) is 0 Å². The van der Waals surface area contributed by atoms with Crippen LogP contribution in [0.25, 0.3) is 0 Å². The van der Waals surface area contributed by atoms with Crippen molar-refractivity contribution >= 4 is 0 Å². The van der Waals surface area contributed by atoms with Gasteiger partial charge in [-0.25, -0.2) is 0 Å². The van der Waals surface area contributed by atoms with Gasteiger partial charge in [-0.3, -0.25) is 4.68 Å². The minimum absolute atomic E-state index is 0.167. The van der Waals surface area contributed by atoms with Crippen molar-refractivity contribution in [2.75, 3.05) is 0 Å². The number of hydrogen-bond donors (Lipinski definition) is 1. The zero-order valence-corrected chi connectivity index (χ0v) is 11.1. The standard InChI is InChI=1S/C13H24N2O/c1-10(2)15-7-6-11(14-15)8-12(16)9-13(3,4)5/h6-7,10,12,16H,8-9H2,1-5H3. The quantitative estimate of drug-likeness (QED) is 0.854. The molecule has 1 rings (SSSR count). The molecule has 1 aromatic rings. The fourth-order valence-corrected chi connectivity index (χ4v) is 1.79. The zero-order chi connectivity index (χ0) is 12.3. The monoisotopic (exact) mass is 224 g/mol. The highest BCUT2D eigenvalue weighted by Gasteiger charge is 2.17. The van der Waals surface area contributed by atoms with E-state index in [1.165, 1.54) is 0 Å². The molecule has 1 heterocycles. The maximum absolute atomic E-state index is 9.94. The summed E-state index contributed by atoms with van der Waals surface area (Å²) in [6.45, 7) is 10.6. The third kappa shape index (κ3) is 4.35. The predicted octanol–water partition coefficient (Wildman–Crippen LogP) is 2.80. The van der Waals surface area contributed by atoms with Crippen LogP contribution < -0.4 is 0 Å². The predicted molar refractivity (Wildman–Crippen MR) is 66.4 cm³/mol. The second-order valence-electron chi connectivity index (χ2n) is 6.00. The zero-order valence-electron chi connectivity index (χ0n) is 11.1. The number of nitrogens with zero attached hydrogens (tertiary/aromatic N) is 2. The first-order chi connectivity index (χ1) is 7.28. The van der Waals surface area contributed by atoms with Crippen molar-refractivity contribution in [3.8, 4) is 0 Å². The summed E-state index contributed by atoms with van der Waals surface area (Å²) < 4.78 is 1.93. The van der Waals surface area contributed by atoms with Crippen molar-refractivity contribution in [2.24, 2.45) is 5.41 Å². The van der Waals surface area contributed by atoms with Crippen LogP contribution >= 0.6 is 0 Å². The van der Waals surface area contributed by atoms with E-state index in [0.29, 0.717) is 12.5 Å². The van der Waals surface area contributed by atoms with Crippen LogP contribution in [-0.2, 0) is 6.42 Å². The summed E-state index contributed by atoms with van der Waals surface area (Å²) in [6.07, 6.45) is 3.14. The molecule has 0 saturated carbocycles. The first-order valence-electron chi connectivity index (χ1n) is 6.00. The Bertz CT molecular complexity index is 323. The minimum atomic E-state index is -0.296. The number of aliphatic hydroxyl groups excluding tert-OH is 1. The van der Waals surface area contributed by atoms with Crippen LogP contribution in [0.1, 0.15) is 52.8 Å². The van der Waals surface area contributed by atoms with E-state index in [1.807, 2.05) is 16.9 Å². The molecule has 0 aliphatic carbocycles. The Balaban J connectivity index is 2.53. The third-order valence-corrected chi connectivity index (χ3v) is 2.49. The largest absolute Gasteiger partial charge is 0.393 e. The van der Waals surface area contributed by atoms with Gasteiger partial charge in [-0.15, -0.1) is 0 Å². The lowest BCUT2D eigenvalue weighted by Gasteiger charge is -2.21. The van der Waals surface area contributed by atoms with Gasteiger partial charge in [0, 0.05) is 18.7 Å². The Kier molecular flexibility index (Phi) is 4.14. The van der Waals surface area contributed by atoms with Crippen LogP contribution in [0.4, 0.5) is 0 Å². The fourth-order valence-electron chi connectivity index (χ4n) is 1.79. The lowest BCUT2D eigenvalue weighted by atomic mass is 9.88. The summed E-state index contributed by atoms with van der Waals surface area (Å²) in [5, 5.41) is 14.4. The topological polar surface area (TPSA) is 38.0 Å². The van der Waals surface area contributed by atoms with Gasteiger partial charge in [-0.1, -0.05) is 20.8 Å². The highest BCUT2D eigenvalue weighted by Crippen LogP contribution is 2.22. The summed E-state index contributed by atoms with van der Waals surface area (Å²) in [4.78, 5) is 0. The van der Waals surface area contributed by atoms with Gasteiger partial charge < -0.3 is 5.11 Å². The van der Waals surface area contributed by atoms with Crippen LogP contribution in [0, 0.1) is 5.41 Å². The van der Waals surface area contributed by atoms with Crippen molar-refractivity contribution in [3.05, 3.63) is 18.0 Å². The molecule has 3 heteroatoms. The molecule has 0 radical (unpaired) electrons. The van der Waals surface area contributed by atoms with Gasteiger partial charge >= 0.3 is 0 Å². The number of aromatic nitrogens is 2. The maximum Gasteiger partial charge on any atom is 0.0650 e. The maximum atomic E-state index is 9.94. The van der Waals surface area contributed by atoms with Gasteiger partial charge in [-0.05, 0) is 31.7 Å². The molecule has 0 spiro atoms. The number of aliphatic hydroxyl groups is 1. The molecule has 0 aliphatic rings. The van der Waals surface area contributed by atoms with E-state index in [9.17, 15) is 5.11 Å². The molecule has 0 aromatic carbocycles. The Labute approximate surface area is 98.5 Å². The molecular formula is C13H24N2O. The molecule has 0 saturated heterocycles. The van der Waals surface area contributed by atoms with Crippen molar-refractivity contribution < 1.29 is 5.11 Å². The van der Waals surface area contributed by atoms with Gasteiger partial charge in [0.2, 0.25) is 0 Å². The normalized spacial score (nSPS) is 14.4. The molecular weight excluding hydrogens is 200 g/mol. The SMILES string of the molecule is CC(C)n1ccc(CC(O)CC(C)(C)C)n1. The fraction of sp³-hybridized carbons (Fsp3) is 0.769. The summed E-state index contributed by atoms with van der Waals surface area (Å²) in [7, 11) is 0. The second kappa shape index (κ2) is 5.00. The van der Waals surface area contributed by atoms with Crippen molar-refractivity contribution in [1.29, 1.82) is 0 Å². The van der Waals surface area contributed by atoms with E-state index in [0.717, 1.165) is 12.1 Å². The Morgan fingerprint density at radius 3 is 2.44 bits per heavy atom. The van der Waals surface area contributed by atoms with Crippen LogP contribution in [0.5, 0.6) is 0 Å². The summed E-state index contributed by atoms with van der Waals surface area (Å²) in [5.41, 5.74) is 1.14. The molecule has 0 fully saturated rings. The Morgan fingerprint density at radius 1 is 1.38 bits per heavy atom. The average Bonchev–Trinajstić information content (AvgIpc) is 2.48. The molecule has 1 unspecified atom stereocenters. The molecule has 0 aliphatic heterocycles. The van der Waals surface area contributed by atoms with Crippen molar-refractivity contribution in [1.82, 2.24) is 9.78 Å². The van der Waals surface area contributed by atoms with E-state index < -0.39 is 0 Å². The van der Waals surface area contributed by atoms with Gasteiger partial charge in [0.15, 0.2) is 0 Å². The lowest BCUT2D eigenvalue weighted by Crippen LogP contribution is -2.20. The van der Waals surface area contributed by atoms with E-state index in [-0.39, 0.29) is 11.5 Å². The molecule has 92 valence electrons. The Hall–Kier alpha value is -0.830. The minimum Gasteiger partial charge on any atom is -0.393 e. The van der Waals surface area contributed by atoms with Gasteiger partial charge in [0.1, 0.15) is 0 Å². The summed E-state index contributed by atoms with van der Waals surface area (Å²) >= 11 is 0. The highest BCUT2D eigenvalue weighted by atomic mass is 16.3. The second-order valence-corrected chi connectivity index (χ2v) is 6.00. The average molecular weight is 224 g/mol. The van der Waals surface area contributed by atoms with E-state index in [1.54, 1.807) is 0 Å². The molecule has 3 nitrogen and oxygen atoms in total. The van der Waals surface area contributed by atoms with Crippen LogP contribution in [0.3, 0.4) is 0 Å². The van der Waals surface area contributed by atoms with Crippen molar-refractivity contribution in [3.63, 3.8) is 0 Å². The van der Waals surface area contributed by atoms with Gasteiger partial charge in [-0.2, -0.15) is 5.10 Å². The molecule has 0 bridgehead atoms. The summed E-state index contributed by atoms with van der Waals surface area (Å²) in [5.74, 6) is 0. The lowest BCUT2D eigenvalue weighted by molar-refractivity contribution is 0.120. The summed E-state index contributed by atoms with van der Waals surface area (Å²) in [6, 6.07) is 2.37.